The molecule has 0 aliphatic carbocycles. The molecule has 0 atom stereocenters. The highest BCUT2D eigenvalue weighted by Gasteiger charge is 2.34. The lowest BCUT2D eigenvalue weighted by Gasteiger charge is -2.12. The molecule has 0 unspecified atom stereocenters. The van der Waals surface area contributed by atoms with Gasteiger partial charge in [-0.3, -0.25) is 0 Å². The molecule has 4 rings (SSSR count). The Morgan fingerprint density at radius 2 is 1.77 bits per heavy atom. The van der Waals surface area contributed by atoms with Crippen LogP contribution in [0.25, 0.3) is 17.1 Å². The summed E-state index contributed by atoms with van der Waals surface area (Å²) in [6, 6.07) is 19.0. The van der Waals surface area contributed by atoms with Crippen LogP contribution >= 0.6 is 15.9 Å². The van der Waals surface area contributed by atoms with Gasteiger partial charge in [-0.2, -0.15) is 18.3 Å². The van der Waals surface area contributed by atoms with Gasteiger partial charge in [-0.1, -0.05) is 46.3 Å². The summed E-state index contributed by atoms with van der Waals surface area (Å²) in [7, 11) is 0. The molecule has 0 saturated heterocycles. The summed E-state index contributed by atoms with van der Waals surface area (Å²) in [5, 5.41) is 4.34. The van der Waals surface area contributed by atoms with Gasteiger partial charge in [0.2, 0.25) is 0 Å². The average molecular weight is 474 g/mol. The van der Waals surface area contributed by atoms with E-state index in [9.17, 15) is 13.2 Å². The first kappa shape index (κ1) is 20.2. The Labute approximate surface area is 179 Å². The van der Waals surface area contributed by atoms with Crippen molar-refractivity contribution in [2.45, 2.75) is 12.8 Å². The summed E-state index contributed by atoms with van der Waals surface area (Å²) in [5.41, 5.74) is 1.27. The van der Waals surface area contributed by atoms with E-state index in [0.717, 1.165) is 20.8 Å². The minimum atomic E-state index is -4.53. The van der Waals surface area contributed by atoms with Crippen LogP contribution in [-0.4, -0.2) is 14.8 Å². The van der Waals surface area contributed by atoms with Gasteiger partial charge in [0.05, 0.1) is 5.69 Å². The molecular formula is C22H15BrF3N3O. The SMILES string of the molecule is FC(F)(F)c1cccnc1-n1ccc(-c2cc(Br)ccc2OCc2ccccc2)n1. The zero-order chi connectivity index (χ0) is 21.1. The van der Waals surface area contributed by atoms with Gasteiger partial charge >= 0.3 is 6.18 Å². The molecule has 2 heterocycles. The van der Waals surface area contributed by atoms with Crippen LogP contribution in [0.4, 0.5) is 13.2 Å². The molecule has 0 radical (unpaired) electrons. The fourth-order valence-electron chi connectivity index (χ4n) is 2.95. The van der Waals surface area contributed by atoms with E-state index in [1.165, 1.54) is 18.5 Å². The first-order chi connectivity index (χ1) is 14.4. The van der Waals surface area contributed by atoms with Crippen LogP contribution in [-0.2, 0) is 12.8 Å². The maximum absolute atomic E-state index is 13.3. The van der Waals surface area contributed by atoms with Crippen LogP contribution in [0.1, 0.15) is 11.1 Å². The van der Waals surface area contributed by atoms with Crippen LogP contribution < -0.4 is 4.74 Å². The van der Waals surface area contributed by atoms with Crippen molar-refractivity contribution in [1.29, 1.82) is 0 Å². The second-order valence-electron chi connectivity index (χ2n) is 6.43. The number of halogens is 4. The Hall–Kier alpha value is -3.13. The molecule has 0 spiro atoms. The minimum absolute atomic E-state index is 0.280. The summed E-state index contributed by atoms with van der Waals surface area (Å²) in [6.07, 6.45) is -1.77. The monoisotopic (exact) mass is 473 g/mol. The van der Waals surface area contributed by atoms with Crippen LogP contribution in [0.5, 0.6) is 5.75 Å². The fraction of sp³-hybridized carbons (Fsp3) is 0.0909. The normalized spacial score (nSPS) is 11.5. The molecule has 0 fully saturated rings. The summed E-state index contributed by atoms with van der Waals surface area (Å²) >= 11 is 3.43. The number of hydrogen-bond donors (Lipinski definition) is 0. The Morgan fingerprint density at radius 3 is 2.53 bits per heavy atom. The summed E-state index contributed by atoms with van der Waals surface area (Å²) < 4.78 is 47.9. The van der Waals surface area contributed by atoms with Gasteiger partial charge < -0.3 is 4.74 Å². The Balaban J connectivity index is 1.68. The molecule has 2 aromatic heterocycles. The van der Waals surface area contributed by atoms with Crippen LogP contribution in [0.2, 0.25) is 0 Å². The molecule has 152 valence electrons. The van der Waals surface area contributed by atoms with E-state index >= 15 is 0 Å². The molecule has 8 heteroatoms. The molecule has 0 aliphatic rings. The zero-order valence-corrected chi connectivity index (χ0v) is 17.1. The number of hydrogen-bond acceptors (Lipinski definition) is 3. The number of alkyl halides is 3. The zero-order valence-electron chi connectivity index (χ0n) is 15.5. The molecule has 0 bridgehead atoms. The fourth-order valence-corrected chi connectivity index (χ4v) is 3.31. The van der Waals surface area contributed by atoms with Crippen LogP contribution in [0.15, 0.2) is 83.6 Å². The molecule has 30 heavy (non-hydrogen) atoms. The topological polar surface area (TPSA) is 39.9 Å². The van der Waals surface area contributed by atoms with Crippen molar-refractivity contribution in [2.24, 2.45) is 0 Å². The number of pyridine rings is 1. The highest BCUT2D eigenvalue weighted by molar-refractivity contribution is 9.10. The lowest BCUT2D eigenvalue weighted by molar-refractivity contribution is -0.137. The van der Waals surface area contributed by atoms with E-state index in [2.05, 4.69) is 26.0 Å². The van der Waals surface area contributed by atoms with Crippen molar-refractivity contribution in [3.8, 4) is 22.8 Å². The molecule has 0 saturated carbocycles. The number of aromatic nitrogens is 3. The van der Waals surface area contributed by atoms with E-state index in [1.54, 1.807) is 12.1 Å². The number of ether oxygens (including phenoxy) is 1. The van der Waals surface area contributed by atoms with Crippen molar-refractivity contribution in [3.63, 3.8) is 0 Å². The molecule has 4 aromatic rings. The largest absolute Gasteiger partial charge is 0.488 e. The van der Waals surface area contributed by atoms with Crippen molar-refractivity contribution in [1.82, 2.24) is 14.8 Å². The molecule has 0 aliphatic heterocycles. The van der Waals surface area contributed by atoms with E-state index in [1.807, 2.05) is 42.5 Å². The Kier molecular flexibility index (Phi) is 5.59. The molecular weight excluding hydrogens is 459 g/mol. The van der Waals surface area contributed by atoms with Gasteiger partial charge in [0.25, 0.3) is 0 Å². The van der Waals surface area contributed by atoms with E-state index < -0.39 is 11.7 Å². The second-order valence-corrected chi connectivity index (χ2v) is 7.35. The van der Waals surface area contributed by atoms with Crippen molar-refractivity contribution < 1.29 is 17.9 Å². The van der Waals surface area contributed by atoms with Gasteiger partial charge in [0, 0.05) is 22.4 Å². The van der Waals surface area contributed by atoms with Gasteiger partial charge in [0.1, 0.15) is 17.9 Å². The highest BCUT2D eigenvalue weighted by atomic mass is 79.9. The maximum Gasteiger partial charge on any atom is 0.420 e. The van der Waals surface area contributed by atoms with E-state index in [4.69, 9.17) is 4.74 Å². The predicted molar refractivity (Wildman–Crippen MR) is 110 cm³/mol. The molecule has 4 nitrogen and oxygen atoms in total. The van der Waals surface area contributed by atoms with Crippen LogP contribution in [0.3, 0.4) is 0 Å². The first-order valence-corrected chi connectivity index (χ1v) is 9.76. The average Bonchev–Trinajstić information content (AvgIpc) is 3.23. The summed E-state index contributed by atoms with van der Waals surface area (Å²) in [5.74, 6) is 0.294. The number of nitrogens with zero attached hydrogens (tertiary/aromatic N) is 3. The number of benzene rings is 2. The van der Waals surface area contributed by atoms with Crippen molar-refractivity contribution in [2.75, 3.05) is 0 Å². The highest BCUT2D eigenvalue weighted by Crippen LogP contribution is 2.35. The van der Waals surface area contributed by atoms with Gasteiger partial charge in [-0.25, -0.2) is 9.67 Å². The third kappa shape index (κ3) is 4.38. The van der Waals surface area contributed by atoms with Gasteiger partial charge in [-0.05, 0) is 42.0 Å². The Bertz CT molecular complexity index is 1160. The first-order valence-electron chi connectivity index (χ1n) is 8.97. The summed E-state index contributed by atoms with van der Waals surface area (Å²) in [4.78, 5) is 3.88. The third-order valence-electron chi connectivity index (χ3n) is 4.35. The smallest absolute Gasteiger partial charge is 0.420 e. The van der Waals surface area contributed by atoms with Gasteiger partial charge in [0.15, 0.2) is 5.82 Å². The quantitative estimate of drug-likeness (QED) is 0.341. The molecule has 0 amide bonds. The van der Waals surface area contributed by atoms with E-state index in [-0.39, 0.29) is 5.82 Å². The van der Waals surface area contributed by atoms with Crippen molar-refractivity contribution >= 4 is 15.9 Å². The predicted octanol–water partition coefficient (Wildman–Crippen LogP) is 6.29. The van der Waals surface area contributed by atoms with Gasteiger partial charge in [-0.15, -0.1) is 0 Å². The second kappa shape index (κ2) is 8.31. The van der Waals surface area contributed by atoms with Crippen LogP contribution in [0, 0.1) is 0 Å². The minimum Gasteiger partial charge on any atom is -0.488 e. The maximum atomic E-state index is 13.3. The summed E-state index contributed by atoms with van der Waals surface area (Å²) in [6.45, 7) is 0.356. The number of rotatable bonds is 5. The Morgan fingerprint density at radius 1 is 0.967 bits per heavy atom. The van der Waals surface area contributed by atoms with Crippen molar-refractivity contribution in [3.05, 3.63) is 94.7 Å². The molecule has 0 N–H and O–H groups in total. The third-order valence-corrected chi connectivity index (χ3v) is 4.85. The molecule has 2 aromatic carbocycles. The van der Waals surface area contributed by atoms with E-state index in [0.29, 0.717) is 23.6 Å². The lowest BCUT2D eigenvalue weighted by atomic mass is 10.1. The standard InChI is InChI=1S/C22H15BrF3N3O/c23-16-8-9-20(30-14-15-5-2-1-3-6-15)17(13-16)19-10-12-29(28-19)21-18(22(24,25)26)7-4-11-27-21/h1-13H,14H2. The lowest BCUT2D eigenvalue weighted by Crippen LogP contribution is -2.12.